The molecule has 122 valence electrons. The number of carbonyl (C=O) groups is 1. The Balaban J connectivity index is 2.12. The van der Waals surface area contributed by atoms with Crippen molar-refractivity contribution in [1.82, 2.24) is 15.0 Å². The zero-order chi connectivity index (χ0) is 16.9. The molecule has 0 unspecified atom stereocenters. The first-order chi connectivity index (χ1) is 11.7. The third-order valence-electron chi connectivity index (χ3n) is 3.62. The number of nitrogens with one attached hydrogen (secondary N) is 1. The van der Waals surface area contributed by atoms with Gasteiger partial charge in [0.1, 0.15) is 5.82 Å². The topological polar surface area (TPSA) is 77.0 Å². The molecular formula is C18H18N4O2. The van der Waals surface area contributed by atoms with Crippen LogP contribution in [0.25, 0.3) is 22.3 Å². The van der Waals surface area contributed by atoms with Crippen molar-refractivity contribution >= 4 is 22.5 Å². The minimum absolute atomic E-state index is 0.0103. The van der Waals surface area contributed by atoms with Gasteiger partial charge in [0.25, 0.3) is 0 Å². The van der Waals surface area contributed by atoms with Gasteiger partial charge in [-0.05, 0) is 37.3 Å². The second-order valence-corrected chi connectivity index (χ2v) is 5.35. The molecule has 0 aliphatic carbocycles. The van der Waals surface area contributed by atoms with E-state index in [1.165, 1.54) is 0 Å². The Hall–Kier alpha value is -2.86. The van der Waals surface area contributed by atoms with Gasteiger partial charge in [0.05, 0.1) is 12.1 Å². The number of aromatic nitrogens is 3. The van der Waals surface area contributed by atoms with Crippen molar-refractivity contribution in [1.29, 1.82) is 0 Å². The van der Waals surface area contributed by atoms with Crippen molar-refractivity contribution < 1.29 is 9.53 Å². The Labute approximate surface area is 139 Å². The van der Waals surface area contributed by atoms with Crippen molar-refractivity contribution in [2.75, 3.05) is 25.6 Å². The lowest BCUT2D eigenvalue weighted by molar-refractivity contribution is 0.101. The van der Waals surface area contributed by atoms with Crippen LogP contribution < -0.4 is 5.32 Å². The molecule has 2 heterocycles. The Morgan fingerprint density at radius 3 is 2.83 bits per heavy atom. The van der Waals surface area contributed by atoms with Crippen LogP contribution in [0.5, 0.6) is 0 Å². The number of pyridine rings is 1. The van der Waals surface area contributed by atoms with Gasteiger partial charge in [0.15, 0.2) is 11.6 Å². The first kappa shape index (κ1) is 16.0. The maximum absolute atomic E-state index is 11.7. The van der Waals surface area contributed by atoms with Gasteiger partial charge in [0.2, 0.25) is 0 Å². The summed E-state index contributed by atoms with van der Waals surface area (Å²) in [5.41, 5.74) is 2.24. The van der Waals surface area contributed by atoms with Crippen molar-refractivity contribution in [3.05, 3.63) is 48.3 Å². The number of rotatable bonds is 6. The molecule has 0 fully saturated rings. The molecule has 1 aromatic carbocycles. The lowest BCUT2D eigenvalue weighted by Crippen LogP contribution is -2.10. The summed E-state index contributed by atoms with van der Waals surface area (Å²) in [5, 5.41) is 4.07. The van der Waals surface area contributed by atoms with Crippen LogP contribution >= 0.6 is 0 Å². The molecule has 0 spiro atoms. The second-order valence-electron chi connectivity index (χ2n) is 5.35. The minimum Gasteiger partial charge on any atom is -0.383 e. The van der Waals surface area contributed by atoms with Crippen LogP contribution in [0.3, 0.4) is 0 Å². The van der Waals surface area contributed by atoms with E-state index in [0.29, 0.717) is 30.4 Å². The number of anilines is 1. The summed E-state index contributed by atoms with van der Waals surface area (Å²) in [5.74, 6) is 1.28. The molecule has 3 rings (SSSR count). The van der Waals surface area contributed by atoms with Gasteiger partial charge in [-0.2, -0.15) is 0 Å². The predicted octanol–water partition coefficient (Wildman–Crippen LogP) is 2.95. The molecule has 0 aliphatic heterocycles. The van der Waals surface area contributed by atoms with Crippen LogP contribution in [-0.2, 0) is 4.74 Å². The molecule has 0 radical (unpaired) electrons. The fourth-order valence-electron chi connectivity index (χ4n) is 2.38. The average molecular weight is 322 g/mol. The zero-order valence-corrected chi connectivity index (χ0v) is 13.6. The van der Waals surface area contributed by atoms with Crippen LogP contribution in [0.15, 0.2) is 42.7 Å². The summed E-state index contributed by atoms with van der Waals surface area (Å²) in [6.07, 6.45) is 3.44. The quantitative estimate of drug-likeness (QED) is 0.555. The first-order valence-corrected chi connectivity index (χ1v) is 7.65. The number of ketones is 1. The fraction of sp³-hybridized carbons (Fsp3) is 0.222. The number of fused-ring (bicyclic) bond motifs is 1. The third kappa shape index (κ3) is 3.38. The SMILES string of the molecule is COCCNc1nc(-c2cccnc2)nc2ccc(C(C)=O)cc12. The van der Waals surface area contributed by atoms with E-state index < -0.39 is 0 Å². The molecule has 0 aliphatic rings. The molecule has 2 aromatic heterocycles. The predicted molar refractivity (Wildman–Crippen MR) is 93.1 cm³/mol. The number of Topliss-reactive ketones (excluding diaryl/α,β-unsaturated/α-hetero) is 1. The largest absolute Gasteiger partial charge is 0.383 e. The number of ether oxygens (including phenoxy) is 1. The van der Waals surface area contributed by atoms with Crippen LogP contribution in [0.4, 0.5) is 5.82 Å². The molecule has 1 N–H and O–H groups in total. The molecule has 24 heavy (non-hydrogen) atoms. The molecule has 0 bridgehead atoms. The number of nitrogens with zero attached hydrogens (tertiary/aromatic N) is 3. The highest BCUT2D eigenvalue weighted by molar-refractivity contribution is 6.00. The Morgan fingerprint density at radius 2 is 2.12 bits per heavy atom. The summed E-state index contributed by atoms with van der Waals surface area (Å²) in [6, 6.07) is 9.20. The van der Waals surface area contributed by atoms with Crippen LogP contribution in [0.2, 0.25) is 0 Å². The maximum Gasteiger partial charge on any atom is 0.163 e. The van der Waals surface area contributed by atoms with Gasteiger partial charge in [0, 0.05) is 42.6 Å². The summed E-state index contributed by atoms with van der Waals surface area (Å²) in [6.45, 7) is 2.71. The van der Waals surface area contributed by atoms with Gasteiger partial charge in [-0.15, -0.1) is 0 Å². The molecule has 0 saturated carbocycles. The van der Waals surface area contributed by atoms with Crippen LogP contribution in [0.1, 0.15) is 17.3 Å². The Morgan fingerprint density at radius 1 is 1.25 bits per heavy atom. The lowest BCUT2D eigenvalue weighted by Gasteiger charge is -2.11. The summed E-state index contributed by atoms with van der Waals surface area (Å²) < 4.78 is 5.08. The number of hydrogen-bond acceptors (Lipinski definition) is 6. The molecule has 6 heteroatoms. The van der Waals surface area contributed by atoms with E-state index in [4.69, 9.17) is 4.74 Å². The van der Waals surface area contributed by atoms with Crippen molar-refractivity contribution in [3.63, 3.8) is 0 Å². The fourth-order valence-corrected chi connectivity index (χ4v) is 2.38. The summed E-state index contributed by atoms with van der Waals surface area (Å²) in [7, 11) is 1.65. The summed E-state index contributed by atoms with van der Waals surface area (Å²) >= 11 is 0. The molecular weight excluding hydrogens is 304 g/mol. The first-order valence-electron chi connectivity index (χ1n) is 7.65. The zero-order valence-electron chi connectivity index (χ0n) is 13.6. The number of hydrogen-bond donors (Lipinski definition) is 1. The van der Waals surface area contributed by atoms with Crippen LogP contribution in [0, 0.1) is 0 Å². The molecule has 0 saturated heterocycles. The Bertz CT molecular complexity index is 866. The molecule has 0 atom stereocenters. The van der Waals surface area contributed by atoms with Gasteiger partial charge in [-0.3, -0.25) is 9.78 Å². The third-order valence-corrected chi connectivity index (χ3v) is 3.62. The van der Waals surface area contributed by atoms with Crippen molar-refractivity contribution in [2.24, 2.45) is 0 Å². The molecule has 0 amide bonds. The van der Waals surface area contributed by atoms with E-state index in [1.807, 2.05) is 24.3 Å². The number of benzene rings is 1. The normalized spacial score (nSPS) is 10.8. The van der Waals surface area contributed by atoms with Gasteiger partial charge in [-0.25, -0.2) is 9.97 Å². The molecule has 3 aromatic rings. The van der Waals surface area contributed by atoms with Crippen LogP contribution in [-0.4, -0.2) is 41.0 Å². The Kier molecular flexibility index (Phi) is 4.77. The highest BCUT2D eigenvalue weighted by atomic mass is 16.5. The van der Waals surface area contributed by atoms with E-state index in [9.17, 15) is 4.79 Å². The number of methoxy groups -OCH3 is 1. The smallest absolute Gasteiger partial charge is 0.163 e. The second kappa shape index (κ2) is 7.14. The minimum atomic E-state index is 0.0103. The van der Waals surface area contributed by atoms with E-state index in [2.05, 4.69) is 20.3 Å². The monoisotopic (exact) mass is 322 g/mol. The van der Waals surface area contributed by atoms with Gasteiger partial charge < -0.3 is 10.1 Å². The summed E-state index contributed by atoms with van der Waals surface area (Å²) in [4.78, 5) is 25.0. The highest BCUT2D eigenvalue weighted by Gasteiger charge is 2.11. The van der Waals surface area contributed by atoms with E-state index in [1.54, 1.807) is 32.5 Å². The number of carbonyl (C=O) groups excluding carboxylic acids is 1. The van der Waals surface area contributed by atoms with E-state index in [0.717, 1.165) is 16.5 Å². The highest BCUT2D eigenvalue weighted by Crippen LogP contribution is 2.25. The van der Waals surface area contributed by atoms with Crippen molar-refractivity contribution in [2.45, 2.75) is 6.92 Å². The maximum atomic E-state index is 11.7. The van der Waals surface area contributed by atoms with Gasteiger partial charge >= 0.3 is 0 Å². The van der Waals surface area contributed by atoms with Gasteiger partial charge in [-0.1, -0.05) is 0 Å². The lowest BCUT2D eigenvalue weighted by atomic mass is 10.1. The standard InChI is InChI=1S/C18H18N4O2/c1-12(23)13-5-6-16-15(10-13)18(20-8-9-24-2)22-17(21-16)14-4-3-7-19-11-14/h3-7,10-11H,8-9H2,1-2H3,(H,20,21,22). The molecule has 6 nitrogen and oxygen atoms in total. The average Bonchev–Trinajstić information content (AvgIpc) is 2.62. The van der Waals surface area contributed by atoms with Crippen molar-refractivity contribution in [3.8, 4) is 11.4 Å². The van der Waals surface area contributed by atoms with E-state index in [-0.39, 0.29) is 5.78 Å². The van der Waals surface area contributed by atoms with E-state index >= 15 is 0 Å².